The van der Waals surface area contributed by atoms with E-state index in [1.54, 1.807) is 0 Å². The molecule has 1 amide bonds. The fourth-order valence-electron chi connectivity index (χ4n) is 3.84. The lowest BCUT2D eigenvalue weighted by atomic mass is 9.94. The molecule has 9 nitrogen and oxygen atoms in total. The van der Waals surface area contributed by atoms with Crippen molar-refractivity contribution < 1.29 is 33.9 Å². The van der Waals surface area contributed by atoms with Crippen LogP contribution in [-0.4, -0.2) is 33.9 Å². The first-order valence-electron chi connectivity index (χ1n) is 10.0. The number of amides is 1. The molecule has 35 heavy (non-hydrogen) atoms. The Bertz CT molecular complexity index is 1410. The van der Waals surface area contributed by atoms with Crippen LogP contribution in [0.15, 0.2) is 66.2 Å². The van der Waals surface area contributed by atoms with E-state index in [9.17, 15) is 34.3 Å². The maximum atomic E-state index is 13.5. The smallest absolute Gasteiger partial charge is 0.311 e. The number of phenols is 1. The lowest BCUT2D eigenvalue weighted by molar-refractivity contribution is -0.385. The summed E-state index contributed by atoms with van der Waals surface area (Å²) >= 11 is 6.15. The van der Waals surface area contributed by atoms with Crippen LogP contribution in [0.25, 0.3) is 5.76 Å². The second-order valence-electron chi connectivity index (χ2n) is 7.50. The molecule has 1 aliphatic rings. The zero-order valence-corrected chi connectivity index (χ0v) is 18.7. The molecule has 1 aliphatic heterocycles. The summed E-state index contributed by atoms with van der Waals surface area (Å²) in [4.78, 5) is 37.8. The van der Waals surface area contributed by atoms with E-state index in [1.807, 2.05) is 0 Å². The number of methoxy groups -OCH3 is 1. The van der Waals surface area contributed by atoms with Crippen LogP contribution in [0.5, 0.6) is 11.5 Å². The predicted octanol–water partition coefficient (Wildman–Crippen LogP) is 4.73. The van der Waals surface area contributed by atoms with Crippen molar-refractivity contribution in [3.05, 3.63) is 98.3 Å². The van der Waals surface area contributed by atoms with E-state index in [-0.39, 0.29) is 27.4 Å². The van der Waals surface area contributed by atoms with E-state index in [2.05, 4.69) is 0 Å². The summed E-state index contributed by atoms with van der Waals surface area (Å²) in [5.41, 5.74) is -0.786. The summed E-state index contributed by atoms with van der Waals surface area (Å²) < 4.78 is 18.6. The Morgan fingerprint density at radius 2 is 1.80 bits per heavy atom. The topological polar surface area (TPSA) is 130 Å². The van der Waals surface area contributed by atoms with Crippen LogP contribution in [0.4, 0.5) is 15.8 Å². The van der Waals surface area contributed by atoms with Crippen molar-refractivity contribution in [3.63, 3.8) is 0 Å². The van der Waals surface area contributed by atoms with Crippen molar-refractivity contribution in [1.29, 1.82) is 0 Å². The third-order valence-corrected chi connectivity index (χ3v) is 5.78. The number of aliphatic hydroxyl groups is 1. The van der Waals surface area contributed by atoms with E-state index in [4.69, 9.17) is 16.3 Å². The van der Waals surface area contributed by atoms with Gasteiger partial charge in [-0.1, -0.05) is 17.7 Å². The molecule has 1 atom stereocenters. The second-order valence-corrected chi connectivity index (χ2v) is 7.91. The third kappa shape index (κ3) is 4.15. The van der Waals surface area contributed by atoms with E-state index >= 15 is 0 Å². The highest BCUT2D eigenvalue weighted by Gasteiger charge is 2.47. The summed E-state index contributed by atoms with van der Waals surface area (Å²) in [6.07, 6.45) is 0. The molecule has 1 saturated heterocycles. The number of aromatic hydroxyl groups is 1. The summed E-state index contributed by atoms with van der Waals surface area (Å²) in [7, 11) is 1.40. The number of ether oxygens (including phenoxy) is 1. The maximum Gasteiger partial charge on any atom is 0.311 e. The summed E-state index contributed by atoms with van der Waals surface area (Å²) in [5.74, 6) is -3.61. The minimum Gasteiger partial charge on any atom is -0.507 e. The van der Waals surface area contributed by atoms with Crippen LogP contribution in [0.3, 0.4) is 0 Å². The largest absolute Gasteiger partial charge is 0.507 e. The molecule has 0 bridgehead atoms. The normalized spacial score (nSPS) is 17.0. The van der Waals surface area contributed by atoms with Crippen molar-refractivity contribution in [2.75, 3.05) is 12.0 Å². The molecule has 11 heteroatoms. The van der Waals surface area contributed by atoms with Gasteiger partial charge in [-0.3, -0.25) is 24.6 Å². The Balaban J connectivity index is 1.98. The number of halogens is 2. The van der Waals surface area contributed by atoms with Gasteiger partial charge in [0, 0.05) is 17.3 Å². The van der Waals surface area contributed by atoms with E-state index < -0.39 is 45.7 Å². The minimum atomic E-state index is -1.33. The molecule has 1 fully saturated rings. The number of rotatable bonds is 5. The molecule has 0 radical (unpaired) electrons. The average Bonchev–Trinajstić information content (AvgIpc) is 3.09. The van der Waals surface area contributed by atoms with Crippen LogP contribution < -0.4 is 9.64 Å². The fraction of sp³-hybridized carbons (Fsp3) is 0.0833. The van der Waals surface area contributed by atoms with Gasteiger partial charge in [0.05, 0.1) is 28.7 Å². The standard InChI is InChI=1S/C24H16ClFN2O7/c1-35-19-9-3-13(10-16(19)25)22(30)20-21(12-2-8-18(29)17(11-12)28(33)34)27(24(32)23(20)31)15-6-4-14(26)5-7-15/h2-11,21,29-30H,1H3/b22-20-. The summed E-state index contributed by atoms with van der Waals surface area (Å²) in [6.45, 7) is 0. The highest BCUT2D eigenvalue weighted by atomic mass is 35.5. The minimum absolute atomic E-state index is 0.0548. The SMILES string of the molecule is COc1ccc(/C(O)=C2/C(=O)C(=O)N(c3ccc(F)cc3)C2c2ccc(O)c([N+](=O)[O-])c2)cc1Cl. The van der Waals surface area contributed by atoms with Gasteiger partial charge in [-0.15, -0.1) is 0 Å². The molecule has 1 heterocycles. The fourth-order valence-corrected chi connectivity index (χ4v) is 4.10. The number of nitro groups is 1. The first-order valence-corrected chi connectivity index (χ1v) is 10.4. The number of nitrogens with zero attached hydrogens (tertiary/aromatic N) is 2. The molecule has 3 aromatic carbocycles. The Morgan fingerprint density at radius 3 is 2.40 bits per heavy atom. The number of Topliss-reactive ketones (excluding diaryl/α,β-unsaturated/α-hetero) is 1. The maximum absolute atomic E-state index is 13.5. The monoisotopic (exact) mass is 498 g/mol. The van der Waals surface area contributed by atoms with Crippen LogP contribution in [0, 0.1) is 15.9 Å². The zero-order chi connectivity index (χ0) is 25.4. The lowest BCUT2D eigenvalue weighted by Gasteiger charge is -2.25. The molecule has 0 saturated carbocycles. The molecular formula is C24H16ClFN2O7. The highest BCUT2D eigenvalue weighted by molar-refractivity contribution is 6.51. The van der Waals surface area contributed by atoms with E-state index in [0.29, 0.717) is 5.75 Å². The van der Waals surface area contributed by atoms with Crippen LogP contribution >= 0.6 is 11.6 Å². The van der Waals surface area contributed by atoms with Crippen molar-refractivity contribution in [2.45, 2.75) is 6.04 Å². The Morgan fingerprint density at radius 1 is 1.11 bits per heavy atom. The molecule has 178 valence electrons. The molecular weight excluding hydrogens is 483 g/mol. The second kappa shape index (κ2) is 9.07. The van der Waals surface area contributed by atoms with Gasteiger partial charge < -0.3 is 14.9 Å². The van der Waals surface area contributed by atoms with Gasteiger partial charge in [0.2, 0.25) is 0 Å². The Kier molecular flexibility index (Phi) is 6.14. The summed E-state index contributed by atoms with van der Waals surface area (Å²) in [6, 6.07) is 10.9. The molecule has 3 aromatic rings. The first kappa shape index (κ1) is 23.7. The quantitative estimate of drug-likeness (QED) is 0.171. The number of aliphatic hydroxyl groups excluding tert-OH is 1. The number of anilines is 1. The zero-order valence-electron chi connectivity index (χ0n) is 17.9. The first-order chi connectivity index (χ1) is 16.6. The number of ketones is 1. The third-order valence-electron chi connectivity index (χ3n) is 5.49. The van der Waals surface area contributed by atoms with Gasteiger partial charge in [-0.2, -0.15) is 0 Å². The van der Waals surface area contributed by atoms with E-state index in [1.165, 1.54) is 43.5 Å². The van der Waals surface area contributed by atoms with Gasteiger partial charge in [0.25, 0.3) is 11.7 Å². The van der Waals surface area contributed by atoms with Gasteiger partial charge in [-0.25, -0.2) is 4.39 Å². The van der Waals surface area contributed by atoms with Gasteiger partial charge in [-0.05, 0) is 54.1 Å². The van der Waals surface area contributed by atoms with Gasteiger partial charge in [0.15, 0.2) is 5.75 Å². The average molecular weight is 499 g/mol. The van der Waals surface area contributed by atoms with E-state index in [0.717, 1.165) is 29.2 Å². The van der Waals surface area contributed by atoms with Crippen LogP contribution in [-0.2, 0) is 9.59 Å². The number of nitro benzene ring substituents is 1. The Hall–Kier alpha value is -4.44. The predicted molar refractivity (Wildman–Crippen MR) is 124 cm³/mol. The van der Waals surface area contributed by atoms with Crippen LogP contribution in [0.1, 0.15) is 17.2 Å². The molecule has 0 aliphatic carbocycles. The number of hydrogen-bond donors (Lipinski definition) is 2. The number of benzene rings is 3. The van der Waals surface area contributed by atoms with Crippen molar-refractivity contribution in [1.82, 2.24) is 0 Å². The molecule has 2 N–H and O–H groups in total. The van der Waals surface area contributed by atoms with Crippen molar-refractivity contribution in [2.24, 2.45) is 0 Å². The number of hydrogen-bond acceptors (Lipinski definition) is 7. The lowest BCUT2D eigenvalue weighted by Crippen LogP contribution is -2.29. The molecule has 1 unspecified atom stereocenters. The van der Waals surface area contributed by atoms with Gasteiger partial charge >= 0.3 is 5.69 Å². The number of carbonyl (C=O) groups excluding carboxylic acids is 2. The summed E-state index contributed by atoms with van der Waals surface area (Å²) in [5, 5.41) is 32.5. The molecule has 0 spiro atoms. The van der Waals surface area contributed by atoms with Crippen molar-refractivity contribution >= 4 is 40.4 Å². The molecule has 4 rings (SSSR count). The number of phenolic OH excluding ortho intramolecular Hbond substituents is 1. The van der Waals surface area contributed by atoms with Gasteiger partial charge in [0.1, 0.15) is 17.3 Å². The molecule has 0 aromatic heterocycles. The van der Waals surface area contributed by atoms with Crippen molar-refractivity contribution in [3.8, 4) is 11.5 Å². The Labute approximate surface area is 202 Å². The number of carbonyl (C=O) groups is 2. The highest BCUT2D eigenvalue weighted by Crippen LogP contribution is 2.44. The van der Waals surface area contributed by atoms with Crippen LogP contribution in [0.2, 0.25) is 5.02 Å².